The molecule has 2 N–H and O–H groups in total. The molecule has 0 saturated carbocycles. The minimum Gasteiger partial charge on any atom is -0.491 e. The third-order valence-electron chi connectivity index (χ3n) is 4.66. The van der Waals surface area contributed by atoms with Crippen molar-refractivity contribution in [3.63, 3.8) is 0 Å². The third kappa shape index (κ3) is 4.67. The SMILES string of the molecule is CC(C)c1ccccc1OCC(O)Cn1c(CCCO)nc2ccccc21. The van der Waals surface area contributed by atoms with Crippen LogP contribution in [0.4, 0.5) is 0 Å². The number of fused-ring (bicyclic) bond motifs is 1. The highest BCUT2D eigenvalue weighted by Crippen LogP contribution is 2.26. The van der Waals surface area contributed by atoms with Crippen LogP contribution in [0.5, 0.6) is 5.75 Å². The molecular formula is C22H28N2O3. The van der Waals surface area contributed by atoms with Crippen molar-refractivity contribution in [3.8, 4) is 5.75 Å². The molecule has 1 unspecified atom stereocenters. The Kier molecular flexibility index (Phi) is 6.48. The van der Waals surface area contributed by atoms with E-state index in [1.807, 2.05) is 47.0 Å². The average molecular weight is 368 g/mol. The Morgan fingerprint density at radius 3 is 2.59 bits per heavy atom. The molecule has 3 rings (SSSR count). The molecule has 5 nitrogen and oxygen atoms in total. The van der Waals surface area contributed by atoms with E-state index in [-0.39, 0.29) is 13.2 Å². The van der Waals surface area contributed by atoms with Gasteiger partial charge in [0.2, 0.25) is 0 Å². The number of aryl methyl sites for hydroxylation is 1. The fraction of sp³-hybridized carbons (Fsp3) is 0.409. The van der Waals surface area contributed by atoms with Gasteiger partial charge in [0.15, 0.2) is 0 Å². The molecule has 0 spiro atoms. The second-order valence-corrected chi connectivity index (χ2v) is 7.11. The minimum absolute atomic E-state index is 0.126. The number of aliphatic hydroxyl groups is 2. The van der Waals surface area contributed by atoms with Crippen molar-refractivity contribution in [3.05, 3.63) is 59.9 Å². The standard InChI is InChI=1S/C22H28N2O3/c1-16(2)18-8-3-6-11-21(18)27-15-17(26)14-24-20-10-5-4-9-19(20)23-22(24)12-7-13-25/h3-6,8-11,16-17,25-26H,7,12-15H2,1-2H3. The van der Waals surface area contributed by atoms with Gasteiger partial charge in [-0.2, -0.15) is 0 Å². The monoisotopic (exact) mass is 368 g/mol. The van der Waals surface area contributed by atoms with Crippen LogP contribution in [0.1, 0.15) is 37.6 Å². The average Bonchev–Trinajstić information content (AvgIpc) is 3.02. The maximum atomic E-state index is 10.6. The summed E-state index contributed by atoms with van der Waals surface area (Å²) in [6, 6.07) is 15.9. The Morgan fingerprint density at radius 1 is 1.07 bits per heavy atom. The quantitative estimate of drug-likeness (QED) is 0.606. The number of benzene rings is 2. The molecule has 0 saturated heterocycles. The fourth-order valence-corrected chi connectivity index (χ4v) is 3.30. The molecule has 27 heavy (non-hydrogen) atoms. The van der Waals surface area contributed by atoms with Crippen molar-refractivity contribution in [2.24, 2.45) is 0 Å². The summed E-state index contributed by atoms with van der Waals surface area (Å²) in [5, 5.41) is 19.7. The van der Waals surface area contributed by atoms with Crippen molar-refractivity contribution in [2.45, 2.75) is 45.3 Å². The number of hydrogen-bond donors (Lipinski definition) is 2. The lowest BCUT2D eigenvalue weighted by Gasteiger charge is -2.18. The van der Waals surface area contributed by atoms with Gasteiger partial charge in [-0.05, 0) is 36.1 Å². The van der Waals surface area contributed by atoms with Gasteiger partial charge in [0, 0.05) is 13.0 Å². The molecule has 1 heterocycles. The van der Waals surface area contributed by atoms with Crippen LogP contribution in [0.15, 0.2) is 48.5 Å². The molecule has 0 aliphatic rings. The molecule has 1 aromatic heterocycles. The van der Waals surface area contributed by atoms with Gasteiger partial charge in [-0.25, -0.2) is 4.98 Å². The number of nitrogens with zero attached hydrogens (tertiary/aromatic N) is 2. The summed E-state index contributed by atoms with van der Waals surface area (Å²) in [6.45, 7) is 5.01. The third-order valence-corrected chi connectivity index (χ3v) is 4.66. The van der Waals surface area contributed by atoms with Gasteiger partial charge in [0.1, 0.15) is 24.3 Å². The van der Waals surface area contributed by atoms with Gasteiger partial charge in [-0.15, -0.1) is 0 Å². The van der Waals surface area contributed by atoms with E-state index in [0.29, 0.717) is 25.3 Å². The molecular weight excluding hydrogens is 340 g/mol. The molecule has 2 aromatic carbocycles. The molecule has 0 aliphatic heterocycles. The van der Waals surface area contributed by atoms with Crippen LogP contribution in [0.25, 0.3) is 11.0 Å². The largest absolute Gasteiger partial charge is 0.491 e. The maximum Gasteiger partial charge on any atom is 0.122 e. The van der Waals surface area contributed by atoms with Crippen molar-refractivity contribution >= 4 is 11.0 Å². The number of hydrogen-bond acceptors (Lipinski definition) is 4. The minimum atomic E-state index is -0.657. The number of aliphatic hydroxyl groups excluding tert-OH is 2. The lowest BCUT2D eigenvalue weighted by molar-refractivity contribution is 0.0920. The Hall–Kier alpha value is -2.37. The first-order chi connectivity index (χ1) is 13.1. The van der Waals surface area contributed by atoms with Crippen molar-refractivity contribution in [1.29, 1.82) is 0 Å². The van der Waals surface area contributed by atoms with Gasteiger partial charge in [0.05, 0.1) is 17.6 Å². The van der Waals surface area contributed by atoms with Crippen LogP contribution in [-0.2, 0) is 13.0 Å². The summed E-state index contributed by atoms with van der Waals surface area (Å²) in [5.41, 5.74) is 3.04. The number of ether oxygens (including phenoxy) is 1. The normalized spacial score (nSPS) is 12.6. The van der Waals surface area contributed by atoms with Crippen molar-refractivity contribution < 1.29 is 14.9 Å². The summed E-state index contributed by atoms with van der Waals surface area (Å²) in [4.78, 5) is 4.66. The van der Waals surface area contributed by atoms with Gasteiger partial charge < -0.3 is 19.5 Å². The highest BCUT2D eigenvalue weighted by atomic mass is 16.5. The molecule has 0 bridgehead atoms. The van der Waals surface area contributed by atoms with Crippen molar-refractivity contribution in [2.75, 3.05) is 13.2 Å². The Morgan fingerprint density at radius 2 is 1.81 bits per heavy atom. The Balaban J connectivity index is 1.73. The van der Waals surface area contributed by atoms with Crippen LogP contribution in [-0.4, -0.2) is 39.1 Å². The Bertz CT molecular complexity index is 873. The summed E-state index contributed by atoms with van der Waals surface area (Å²) < 4.78 is 7.95. The zero-order chi connectivity index (χ0) is 19.2. The summed E-state index contributed by atoms with van der Waals surface area (Å²) >= 11 is 0. The lowest BCUT2D eigenvalue weighted by atomic mass is 10.0. The van der Waals surface area contributed by atoms with E-state index < -0.39 is 6.10 Å². The molecule has 0 fully saturated rings. The first kappa shape index (κ1) is 19.4. The van der Waals surface area contributed by atoms with E-state index in [2.05, 4.69) is 24.9 Å². The van der Waals surface area contributed by atoms with E-state index >= 15 is 0 Å². The molecule has 0 radical (unpaired) electrons. The zero-order valence-corrected chi connectivity index (χ0v) is 16.0. The molecule has 0 aliphatic carbocycles. The topological polar surface area (TPSA) is 67.5 Å². The number of imidazole rings is 1. The predicted molar refractivity (Wildman–Crippen MR) is 107 cm³/mol. The zero-order valence-electron chi connectivity index (χ0n) is 16.0. The lowest BCUT2D eigenvalue weighted by Crippen LogP contribution is -2.25. The summed E-state index contributed by atoms with van der Waals surface area (Å²) in [6.07, 6.45) is 0.669. The second-order valence-electron chi connectivity index (χ2n) is 7.11. The van der Waals surface area contributed by atoms with Gasteiger partial charge in [0.25, 0.3) is 0 Å². The van der Waals surface area contributed by atoms with Crippen LogP contribution in [0, 0.1) is 0 Å². The summed E-state index contributed by atoms with van der Waals surface area (Å²) in [7, 11) is 0. The molecule has 144 valence electrons. The van der Waals surface area contributed by atoms with Crippen LogP contribution < -0.4 is 4.74 Å². The van der Waals surface area contributed by atoms with Crippen molar-refractivity contribution in [1.82, 2.24) is 9.55 Å². The van der Waals surface area contributed by atoms with Crippen LogP contribution >= 0.6 is 0 Å². The molecule has 3 aromatic rings. The first-order valence-electron chi connectivity index (χ1n) is 9.55. The number of aromatic nitrogens is 2. The van der Waals surface area contributed by atoms with E-state index in [1.165, 1.54) is 0 Å². The maximum absolute atomic E-state index is 10.6. The van der Waals surface area contributed by atoms with E-state index in [1.54, 1.807) is 0 Å². The van der Waals surface area contributed by atoms with E-state index in [0.717, 1.165) is 28.2 Å². The van der Waals surface area contributed by atoms with Crippen LogP contribution in [0.2, 0.25) is 0 Å². The van der Waals surface area contributed by atoms with Gasteiger partial charge >= 0.3 is 0 Å². The number of rotatable bonds is 9. The van der Waals surface area contributed by atoms with Gasteiger partial charge in [-0.3, -0.25) is 0 Å². The summed E-state index contributed by atoms with van der Waals surface area (Å²) in [5.74, 6) is 2.07. The molecule has 1 atom stereocenters. The van der Waals surface area contributed by atoms with E-state index in [9.17, 15) is 5.11 Å². The van der Waals surface area contributed by atoms with Gasteiger partial charge in [-0.1, -0.05) is 44.2 Å². The van der Waals surface area contributed by atoms with Crippen LogP contribution in [0.3, 0.4) is 0 Å². The Labute approximate surface area is 160 Å². The first-order valence-corrected chi connectivity index (χ1v) is 9.55. The van der Waals surface area contributed by atoms with E-state index in [4.69, 9.17) is 9.84 Å². The predicted octanol–water partition coefficient (Wildman–Crippen LogP) is 3.52. The highest BCUT2D eigenvalue weighted by Gasteiger charge is 2.15. The molecule has 5 heteroatoms. The molecule has 0 amide bonds. The highest BCUT2D eigenvalue weighted by molar-refractivity contribution is 5.75. The second kappa shape index (κ2) is 9.02. The number of para-hydroxylation sites is 3. The smallest absolute Gasteiger partial charge is 0.122 e. The fourth-order valence-electron chi connectivity index (χ4n) is 3.30.